The van der Waals surface area contributed by atoms with Crippen LogP contribution in [0.15, 0.2) is 42.5 Å². The van der Waals surface area contributed by atoms with E-state index in [2.05, 4.69) is 16.7 Å². The molecular formula is C17H15N3O2. The quantitative estimate of drug-likeness (QED) is 0.908. The van der Waals surface area contributed by atoms with E-state index in [0.717, 1.165) is 29.1 Å². The van der Waals surface area contributed by atoms with Gasteiger partial charge in [0.15, 0.2) is 0 Å². The van der Waals surface area contributed by atoms with E-state index in [1.807, 2.05) is 18.2 Å². The lowest BCUT2D eigenvalue weighted by Gasteiger charge is -2.09. The average Bonchev–Trinajstić information content (AvgIpc) is 3.01. The lowest BCUT2D eigenvalue weighted by molar-refractivity contribution is -0.114. The lowest BCUT2D eigenvalue weighted by Crippen LogP contribution is -2.21. The highest BCUT2D eigenvalue weighted by atomic mass is 16.5. The molecular weight excluding hydrogens is 278 g/mol. The van der Waals surface area contributed by atoms with E-state index >= 15 is 0 Å². The highest BCUT2D eigenvalue weighted by Crippen LogP contribution is 2.27. The predicted molar refractivity (Wildman–Crippen MR) is 83.9 cm³/mol. The van der Waals surface area contributed by atoms with E-state index in [1.165, 1.54) is 0 Å². The van der Waals surface area contributed by atoms with Crippen LogP contribution >= 0.6 is 0 Å². The largest absolute Gasteiger partial charge is 0.493 e. The predicted octanol–water partition coefficient (Wildman–Crippen LogP) is 2.54. The van der Waals surface area contributed by atoms with Crippen molar-refractivity contribution in [2.24, 2.45) is 0 Å². The van der Waals surface area contributed by atoms with E-state index in [-0.39, 0.29) is 12.5 Å². The molecule has 0 aromatic heterocycles. The van der Waals surface area contributed by atoms with Crippen LogP contribution in [0.3, 0.4) is 0 Å². The highest BCUT2D eigenvalue weighted by molar-refractivity contribution is 5.93. The summed E-state index contributed by atoms with van der Waals surface area (Å²) in [4.78, 5) is 12.0. The number of hydrogen-bond donors (Lipinski definition) is 2. The van der Waals surface area contributed by atoms with Crippen LogP contribution in [-0.4, -0.2) is 19.1 Å². The number of hydrogen-bond acceptors (Lipinski definition) is 4. The van der Waals surface area contributed by atoms with Gasteiger partial charge in [0.25, 0.3) is 0 Å². The Morgan fingerprint density at radius 1 is 1.18 bits per heavy atom. The topological polar surface area (TPSA) is 74.2 Å². The van der Waals surface area contributed by atoms with Crippen LogP contribution in [0.1, 0.15) is 11.1 Å². The van der Waals surface area contributed by atoms with E-state index in [4.69, 9.17) is 10.00 Å². The van der Waals surface area contributed by atoms with Crippen molar-refractivity contribution in [3.8, 4) is 11.8 Å². The molecule has 2 aromatic rings. The molecule has 0 fully saturated rings. The van der Waals surface area contributed by atoms with Gasteiger partial charge in [-0.15, -0.1) is 0 Å². The molecule has 1 heterocycles. The molecule has 2 N–H and O–H groups in total. The van der Waals surface area contributed by atoms with Gasteiger partial charge in [0.2, 0.25) is 5.91 Å². The summed E-state index contributed by atoms with van der Waals surface area (Å²) in [6.07, 6.45) is 0.878. The first kappa shape index (κ1) is 14.0. The van der Waals surface area contributed by atoms with Crippen molar-refractivity contribution in [2.75, 3.05) is 23.8 Å². The van der Waals surface area contributed by atoms with Gasteiger partial charge in [-0.25, -0.2) is 0 Å². The second-order valence-electron chi connectivity index (χ2n) is 5.01. The van der Waals surface area contributed by atoms with Crippen molar-refractivity contribution in [3.63, 3.8) is 0 Å². The van der Waals surface area contributed by atoms with Gasteiger partial charge < -0.3 is 15.4 Å². The van der Waals surface area contributed by atoms with Crippen molar-refractivity contribution in [1.82, 2.24) is 0 Å². The number of fused-ring (bicyclic) bond motifs is 1. The Bertz CT molecular complexity index is 733. The summed E-state index contributed by atoms with van der Waals surface area (Å²) in [6.45, 7) is 0.868. The molecule has 5 heteroatoms. The highest BCUT2D eigenvalue weighted by Gasteiger charge is 2.12. The maximum absolute atomic E-state index is 12.0. The zero-order valence-electron chi connectivity index (χ0n) is 11.9. The molecule has 0 unspecified atom stereocenters. The van der Waals surface area contributed by atoms with E-state index in [9.17, 15) is 4.79 Å². The van der Waals surface area contributed by atoms with Crippen molar-refractivity contribution < 1.29 is 9.53 Å². The molecule has 1 aliphatic heterocycles. The molecule has 0 spiro atoms. The first-order valence-electron chi connectivity index (χ1n) is 7.04. The first-order valence-corrected chi connectivity index (χ1v) is 7.04. The SMILES string of the molecule is N#Cc1ccc(NCC(=O)Nc2ccc3c(c2)CCO3)cc1. The number of rotatable bonds is 4. The fourth-order valence-electron chi connectivity index (χ4n) is 2.31. The summed E-state index contributed by atoms with van der Waals surface area (Å²) in [5, 5.41) is 14.6. The number of carbonyl (C=O) groups excluding carboxylic acids is 1. The Morgan fingerprint density at radius 2 is 1.95 bits per heavy atom. The molecule has 1 amide bonds. The van der Waals surface area contributed by atoms with Gasteiger partial charge in [-0.05, 0) is 48.0 Å². The maximum Gasteiger partial charge on any atom is 0.243 e. The molecule has 0 saturated carbocycles. The van der Waals surface area contributed by atoms with Gasteiger partial charge in [-0.3, -0.25) is 4.79 Å². The number of nitriles is 1. The van der Waals surface area contributed by atoms with Gasteiger partial charge in [0.1, 0.15) is 5.75 Å². The number of benzene rings is 2. The minimum atomic E-state index is -0.122. The fourth-order valence-corrected chi connectivity index (χ4v) is 2.31. The fraction of sp³-hybridized carbons (Fsp3) is 0.176. The van der Waals surface area contributed by atoms with Crippen LogP contribution in [0.4, 0.5) is 11.4 Å². The Kier molecular flexibility index (Phi) is 3.92. The average molecular weight is 293 g/mol. The van der Waals surface area contributed by atoms with Gasteiger partial charge >= 0.3 is 0 Å². The maximum atomic E-state index is 12.0. The van der Waals surface area contributed by atoms with Gasteiger partial charge in [-0.1, -0.05) is 0 Å². The van der Waals surface area contributed by atoms with Crippen molar-refractivity contribution in [1.29, 1.82) is 5.26 Å². The number of nitrogens with one attached hydrogen (secondary N) is 2. The molecule has 1 aliphatic rings. The van der Waals surface area contributed by atoms with Crippen LogP contribution in [0.2, 0.25) is 0 Å². The Labute approximate surface area is 128 Å². The van der Waals surface area contributed by atoms with Crippen LogP contribution in [0.5, 0.6) is 5.75 Å². The normalized spacial score (nSPS) is 12.0. The summed E-state index contributed by atoms with van der Waals surface area (Å²) < 4.78 is 5.43. The smallest absolute Gasteiger partial charge is 0.243 e. The Hall–Kier alpha value is -3.00. The van der Waals surface area contributed by atoms with Crippen LogP contribution < -0.4 is 15.4 Å². The van der Waals surface area contributed by atoms with Crippen LogP contribution in [0.25, 0.3) is 0 Å². The third kappa shape index (κ3) is 3.18. The molecule has 0 atom stereocenters. The monoisotopic (exact) mass is 293 g/mol. The van der Waals surface area contributed by atoms with Gasteiger partial charge in [-0.2, -0.15) is 5.26 Å². The minimum absolute atomic E-state index is 0.122. The molecule has 0 bridgehead atoms. The molecule has 22 heavy (non-hydrogen) atoms. The Morgan fingerprint density at radius 3 is 2.73 bits per heavy atom. The summed E-state index contributed by atoms with van der Waals surface area (Å²) in [6, 6.07) is 14.7. The number of anilines is 2. The molecule has 2 aromatic carbocycles. The summed E-state index contributed by atoms with van der Waals surface area (Å²) in [5.74, 6) is 0.775. The number of nitrogens with zero attached hydrogens (tertiary/aromatic N) is 1. The molecule has 110 valence electrons. The first-order chi connectivity index (χ1) is 10.7. The second kappa shape index (κ2) is 6.19. The van der Waals surface area contributed by atoms with E-state index in [1.54, 1.807) is 24.3 Å². The van der Waals surface area contributed by atoms with E-state index < -0.39 is 0 Å². The van der Waals surface area contributed by atoms with Crippen molar-refractivity contribution in [2.45, 2.75) is 6.42 Å². The third-order valence-corrected chi connectivity index (χ3v) is 3.44. The Balaban J connectivity index is 1.55. The standard InChI is InChI=1S/C17H15N3O2/c18-10-12-1-3-14(4-2-12)19-11-17(21)20-15-5-6-16-13(9-15)7-8-22-16/h1-6,9,19H,7-8,11H2,(H,20,21). The summed E-state index contributed by atoms with van der Waals surface area (Å²) in [5.41, 5.74) is 3.29. The van der Waals surface area contributed by atoms with Crippen LogP contribution in [-0.2, 0) is 11.2 Å². The second-order valence-corrected chi connectivity index (χ2v) is 5.01. The molecule has 0 aliphatic carbocycles. The summed E-state index contributed by atoms with van der Waals surface area (Å²) in [7, 11) is 0. The van der Waals surface area contributed by atoms with Crippen LogP contribution in [0, 0.1) is 11.3 Å². The third-order valence-electron chi connectivity index (χ3n) is 3.44. The molecule has 0 radical (unpaired) electrons. The van der Waals surface area contributed by atoms with Gasteiger partial charge in [0.05, 0.1) is 24.8 Å². The van der Waals surface area contributed by atoms with Crippen molar-refractivity contribution in [3.05, 3.63) is 53.6 Å². The lowest BCUT2D eigenvalue weighted by atomic mass is 10.1. The number of carbonyl (C=O) groups is 1. The molecule has 0 saturated heterocycles. The van der Waals surface area contributed by atoms with Gasteiger partial charge in [0, 0.05) is 17.8 Å². The zero-order chi connectivity index (χ0) is 15.4. The summed E-state index contributed by atoms with van der Waals surface area (Å²) >= 11 is 0. The molecule has 3 rings (SSSR count). The van der Waals surface area contributed by atoms with Crippen molar-refractivity contribution >= 4 is 17.3 Å². The number of amides is 1. The minimum Gasteiger partial charge on any atom is -0.493 e. The zero-order valence-corrected chi connectivity index (χ0v) is 11.9. The molecule has 5 nitrogen and oxygen atoms in total. The van der Waals surface area contributed by atoms with E-state index in [0.29, 0.717) is 12.2 Å². The number of ether oxygens (including phenoxy) is 1.